The molecule has 0 unspecified atom stereocenters. The summed E-state index contributed by atoms with van der Waals surface area (Å²) in [4.78, 5) is 14.8. The topological polar surface area (TPSA) is 67.6 Å². The number of aromatic nitrogens is 1. The first-order valence-corrected chi connectivity index (χ1v) is 11.0. The number of carbonyl (C=O) groups is 1. The van der Waals surface area contributed by atoms with Crippen molar-refractivity contribution in [1.82, 2.24) is 15.4 Å². The van der Waals surface area contributed by atoms with Gasteiger partial charge in [-0.15, -0.1) is 0 Å². The summed E-state index contributed by atoms with van der Waals surface area (Å²) in [5.74, 6) is 2.41. The fraction of sp³-hybridized carbons (Fsp3) is 0.583. The molecule has 2 aliphatic heterocycles. The van der Waals surface area contributed by atoms with Gasteiger partial charge in [0, 0.05) is 30.6 Å². The van der Waals surface area contributed by atoms with Crippen molar-refractivity contribution in [3.05, 3.63) is 46.3 Å². The van der Waals surface area contributed by atoms with Gasteiger partial charge in [0.05, 0.1) is 12.1 Å². The third-order valence-corrected chi connectivity index (χ3v) is 6.38. The smallest absolute Gasteiger partial charge is 0.224 e. The van der Waals surface area contributed by atoms with E-state index < -0.39 is 0 Å². The number of nitrogens with zero attached hydrogens (tertiary/aromatic N) is 2. The highest BCUT2D eigenvalue weighted by atomic mass is 16.5. The van der Waals surface area contributed by atoms with E-state index in [1.54, 1.807) is 0 Å². The van der Waals surface area contributed by atoms with Crippen LogP contribution in [0.3, 0.4) is 0 Å². The van der Waals surface area contributed by atoms with Crippen molar-refractivity contribution in [2.75, 3.05) is 19.6 Å². The predicted molar refractivity (Wildman–Crippen MR) is 116 cm³/mol. The summed E-state index contributed by atoms with van der Waals surface area (Å²) in [7, 11) is 0. The van der Waals surface area contributed by atoms with Crippen LogP contribution in [0.4, 0.5) is 0 Å². The van der Waals surface area contributed by atoms with E-state index in [-0.39, 0.29) is 11.5 Å². The molecule has 162 valence electrons. The highest BCUT2D eigenvalue weighted by molar-refractivity contribution is 5.79. The number of rotatable bonds is 6. The van der Waals surface area contributed by atoms with Crippen molar-refractivity contribution in [2.24, 2.45) is 5.92 Å². The molecule has 4 rings (SSSR count). The summed E-state index contributed by atoms with van der Waals surface area (Å²) in [6.07, 6.45) is 3.53. The Kier molecular flexibility index (Phi) is 5.87. The molecule has 3 heterocycles. The highest BCUT2D eigenvalue weighted by Crippen LogP contribution is 2.38. The lowest BCUT2D eigenvalue weighted by molar-refractivity contribution is -0.120. The Hall–Kier alpha value is -2.34. The Labute approximate surface area is 179 Å². The van der Waals surface area contributed by atoms with E-state index in [4.69, 9.17) is 9.26 Å². The fourth-order valence-corrected chi connectivity index (χ4v) is 4.63. The van der Waals surface area contributed by atoms with E-state index in [0.717, 1.165) is 68.2 Å². The zero-order chi connectivity index (χ0) is 21.3. The largest absolute Gasteiger partial charge is 0.487 e. The number of nitrogens with one attached hydrogen (secondary N) is 1. The van der Waals surface area contributed by atoms with Crippen LogP contribution in [0.2, 0.25) is 0 Å². The molecular formula is C24H33N3O3. The molecule has 2 aromatic rings. The zero-order valence-corrected chi connectivity index (χ0v) is 18.6. The third-order valence-electron chi connectivity index (χ3n) is 6.38. The van der Waals surface area contributed by atoms with Crippen LogP contribution >= 0.6 is 0 Å². The minimum atomic E-state index is -0.104. The van der Waals surface area contributed by atoms with Gasteiger partial charge in [-0.1, -0.05) is 23.4 Å². The van der Waals surface area contributed by atoms with Gasteiger partial charge in [0.1, 0.15) is 17.1 Å². The van der Waals surface area contributed by atoms with Crippen molar-refractivity contribution in [3.8, 4) is 5.75 Å². The molecule has 30 heavy (non-hydrogen) atoms. The first-order chi connectivity index (χ1) is 14.3. The van der Waals surface area contributed by atoms with Gasteiger partial charge >= 0.3 is 0 Å². The highest BCUT2D eigenvalue weighted by Gasteiger charge is 2.32. The molecule has 1 amide bonds. The molecule has 0 radical (unpaired) electrons. The van der Waals surface area contributed by atoms with Crippen LogP contribution in [0.5, 0.6) is 5.75 Å². The SMILES string of the molecule is Cc1noc(C)c1CC(=O)NCC1CCN(Cc2cccc3c2OC(C)(C)C3)CC1. The molecule has 6 heteroatoms. The number of hydrogen-bond acceptors (Lipinski definition) is 5. The summed E-state index contributed by atoms with van der Waals surface area (Å²) < 4.78 is 11.4. The van der Waals surface area contributed by atoms with Gasteiger partial charge < -0.3 is 14.6 Å². The van der Waals surface area contributed by atoms with Crippen molar-refractivity contribution < 1.29 is 14.1 Å². The standard InChI is InChI=1S/C24H33N3O3/c1-16-21(17(2)30-26-16)12-22(28)25-14-18-8-10-27(11-9-18)15-20-7-5-6-19-13-24(3,4)29-23(19)20/h5-7,18H,8-15H2,1-4H3,(H,25,28). The van der Waals surface area contributed by atoms with Crippen molar-refractivity contribution in [3.63, 3.8) is 0 Å². The van der Waals surface area contributed by atoms with E-state index >= 15 is 0 Å². The molecular weight excluding hydrogens is 378 g/mol. The second-order valence-corrected chi connectivity index (χ2v) is 9.45. The first kappa shape index (κ1) is 20.9. The monoisotopic (exact) mass is 411 g/mol. The Bertz CT molecular complexity index is 891. The maximum Gasteiger partial charge on any atom is 0.224 e. The molecule has 0 bridgehead atoms. The van der Waals surface area contributed by atoms with Crippen molar-refractivity contribution in [2.45, 2.75) is 65.5 Å². The second-order valence-electron chi connectivity index (χ2n) is 9.45. The van der Waals surface area contributed by atoms with E-state index in [9.17, 15) is 4.79 Å². The van der Waals surface area contributed by atoms with Crippen LogP contribution < -0.4 is 10.1 Å². The Morgan fingerprint density at radius 2 is 2.03 bits per heavy atom. The van der Waals surface area contributed by atoms with Gasteiger partial charge in [0.25, 0.3) is 0 Å². The van der Waals surface area contributed by atoms with Gasteiger partial charge in [0.15, 0.2) is 0 Å². The number of hydrogen-bond donors (Lipinski definition) is 1. The summed E-state index contributed by atoms with van der Waals surface area (Å²) in [5.41, 5.74) is 4.23. The number of ether oxygens (including phenoxy) is 1. The second kappa shape index (κ2) is 8.42. The van der Waals surface area contributed by atoms with Crippen molar-refractivity contribution in [1.29, 1.82) is 0 Å². The summed E-state index contributed by atoms with van der Waals surface area (Å²) in [6.45, 7) is 11.8. The number of carbonyl (C=O) groups excluding carboxylic acids is 1. The molecule has 0 aliphatic carbocycles. The van der Waals surface area contributed by atoms with Crippen LogP contribution in [-0.4, -0.2) is 41.2 Å². The number of aryl methyl sites for hydroxylation is 2. The molecule has 0 spiro atoms. The number of likely N-dealkylation sites (tertiary alicyclic amines) is 1. The molecule has 1 saturated heterocycles. The lowest BCUT2D eigenvalue weighted by Crippen LogP contribution is -2.38. The summed E-state index contributed by atoms with van der Waals surface area (Å²) >= 11 is 0. The molecule has 0 saturated carbocycles. The normalized spacial score (nSPS) is 18.8. The number of benzene rings is 1. The quantitative estimate of drug-likeness (QED) is 0.787. The van der Waals surface area contributed by atoms with Crippen LogP contribution in [0, 0.1) is 19.8 Å². The third kappa shape index (κ3) is 4.69. The lowest BCUT2D eigenvalue weighted by Gasteiger charge is -2.32. The van der Waals surface area contributed by atoms with Gasteiger partial charge in [-0.3, -0.25) is 9.69 Å². The molecule has 2 aliphatic rings. The molecule has 1 aromatic carbocycles. The Morgan fingerprint density at radius 3 is 2.73 bits per heavy atom. The molecule has 1 aromatic heterocycles. The van der Waals surface area contributed by atoms with Crippen LogP contribution in [0.1, 0.15) is 54.8 Å². The fourth-order valence-electron chi connectivity index (χ4n) is 4.63. The molecule has 6 nitrogen and oxygen atoms in total. The average Bonchev–Trinajstić information content (AvgIpc) is 3.20. The van der Waals surface area contributed by atoms with E-state index in [2.05, 4.69) is 47.4 Å². The van der Waals surface area contributed by atoms with E-state index in [0.29, 0.717) is 12.3 Å². The number of piperidine rings is 1. The summed E-state index contributed by atoms with van der Waals surface area (Å²) in [5, 5.41) is 7.03. The number of fused-ring (bicyclic) bond motifs is 1. The van der Waals surface area contributed by atoms with Crippen LogP contribution in [-0.2, 0) is 24.2 Å². The summed E-state index contributed by atoms with van der Waals surface area (Å²) in [6, 6.07) is 6.53. The Balaban J connectivity index is 1.23. The van der Waals surface area contributed by atoms with Crippen LogP contribution in [0.25, 0.3) is 0 Å². The minimum Gasteiger partial charge on any atom is -0.487 e. The molecule has 1 N–H and O–H groups in total. The first-order valence-electron chi connectivity index (χ1n) is 11.0. The minimum absolute atomic E-state index is 0.0476. The average molecular weight is 412 g/mol. The molecule has 0 atom stereocenters. The van der Waals surface area contributed by atoms with E-state index in [1.807, 2.05) is 13.8 Å². The lowest BCUT2D eigenvalue weighted by atomic mass is 9.95. The van der Waals surface area contributed by atoms with Gasteiger partial charge in [-0.2, -0.15) is 0 Å². The van der Waals surface area contributed by atoms with E-state index in [1.165, 1.54) is 11.1 Å². The number of amides is 1. The van der Waals surface area contributed by atoms with Crippen LogP contribution in [0.15, 0.2) is 22.7 Å². The maximum absolute atomic E-state index is 12.3. The Morgan fingerprint density at radius 1 is 1.27 bits per heavy atom. The van der Waals surface area contributed by atoms with Gasteiger partial charge in [0.2, 0.25) is 5.91 Å². The van der Waals surface area contributed by atoms with Crippen molar-refractivity contribution >= 4 is 5.91 Å². The maximum atomic E-state index is 12.3. The van der Waals surface area contributed by atoms with Gasteiger partial charge in [-0.05, 0) is 65.1 Å². The molecule has 1 fully saturated rings. The zero-order valence-electron chi connectivity index (χ0n) is 18.6. The predicted octanol–water partition coefficient (Wildman–Crippen LogP) is 3.58. The van der Waals surface area contributed by atoms with Gasteiger partial charge in [-0.25, -0.2) is 0 Å². The number of para-hydroxylation sites is 1.